The van der Waals surface area contributed by atoms with Gasteiger partial charge >= 0.3 is 0 Å². The first-order chi connectivity index (χ1) is 14.0. The maximum absolute atomic E-state index is 12.2. The Morgan fingerprint density at radius 2 is 1.66 bits per heavy atom. The maximum atomic E-state index is 12.2. The van der Waals surface area contributed by atoms with Gasteiger partial charge in [-0.15, -0.1) is 0 Å². The van der Waals surface area contributed by atoms with Gasteiger partial charge in [0, 0.05) is 35.0 Å². The van der Waals surface area contributed by atoms with E-state index in [4.69, 9.17) is 11.6 Å². The molecule has 1 amide bonds. The molecule has 0 aliphatic heterocycles. The molecule has 0 heterocycles. The van der Waals surface area contributed by atoms with Crippen molar-refractivity contribution in [3.05, 3.63) is 105 Å². The molecule has 3 rings (SSSR count). The van der Waals surface area contributed by atoms with Crippen LogP contribution in [0.3, 0.4) is 0 Å². The largest absolute Gasteiger partial charge is 0.381 e. The van der Waals surface area contributed by atoms with Crippen LogP contribution in [0.25, 0.3) is 0 Å². The summed E-state index contributed by atoms with van der Waals surface area (Å²) in [6.45, 7) is 0.641. The van der Waals surface area contributed by atoms with E-state index >= 15 is 0 Å². The first kappa shape index (κ1) is 20.0. The number of amides is 1. The molecule has 29 heavy (non-hydrogen) atoms. The van der Waals surface area contributed by atoms with Crippen molar-refractivity contribution in [1.82, 2.24) is 5.43 Å². The van der Waals surface area contributed by atoms with Gasteiger partial charge in [-0.25, -0.2) is 5.43 Å². The molecule has 8 heteroatoms. The molecule has 7 nitrogen and oxygen atoms in total. The van der Waals surface area contributed by atoms with Crippen LogP contribution < -0.4 is 10.7 Å². The van der Waals surface area contributed by atoms with Crippen molar-refractivity contribution in [3.63, 3.8) is 0 Å². The van der Waals surface area contributed by atoms with Gasteiger partial charge in [0.05, 0.1) is 11.1 Å². The van der Waals surface area contributed by atoms with Gasteiger partial charge in [-0.1, -0.05) is 23.7 Å². The lowest BCUT2D eigenvalue weighted by Crippen LogP contribution is -2.17. The third-order valence-electron chi connectivity index (χ3n) is 4.04. The molecule has 0 fully saturated rings. The molecule has 146 valence electrons. The average Bonchev–Trinajstić information content (AvgIpc) is 2.74. The minimum Gasteiger partial charge on any atom is -0.381 e. The molecular formula is C21H17ClN4O3. The molecule has 0 saturated carbocycles. The topological polar surface area (TPSA) is 96.6 Å². The summed E-state index contributed by atoms with van der Waals surface area (Å²) < 4.78 is 0. The van der Waals surface area contributed by atoms with Gasteiger partial charge < -0.3 is 5.32 Å². The number of hydrogen-bond donors (Lipinski definition) is 2. The quantitative estimate of drug-likeness (QED) is 0.338. The fourth-order valence-corrected chi connectivity index (χ4v) is 2.58. The van der Waals surface area contributed by atoms with E-state index in [1.807, 2.05) is 36.4 Å². The zero-order valence-electron chi connectivity index (χ0n) is 15.2. The number of nitrogens with one attached hydrogen (secondary N) is 2. The Morgan fingerprint density at radius 1 is 1.00 bits per heavy atom. The van der Waals surface area contributed by atoms with Crippen molar-refractivity contribution < 1.29 is 9.72 Å². The number of nitro benzene ring substituents is 1. The van der Waals surface area contributed by atoms with Crippen molar-refractivity contribution in [2.24, 2.45) is 5.10 Å². The smallest absolute Gasteiger partial charge is 0.271 e. The fraction of sp³-hybridized carbons (Fsp3) is 0.0476. The molecule has 0 saturated heterocycles. The molecular weight excluding hydrogens is 392 g/mol. The van der Waals surface area contributed by atoms with Crippen LogP contribution in [0.2, 0.25) is 5.02 Å². The molecule has 0 aliphatic rings. The molecule has 0 atom stereocenters. The van der Waals surface area contributed by atoms with Crippen LogP contribution in [0.15, 0.2) is 77.9 Å². The van der Waals surface area contributed by atoms with Crippen LogP contribution in [-0.4, -0.2) is 17.0 Å². The van der Waals surface area contributed by atoms with Gasteiger partial charge in [-0.05, 0) is 59.7 Å². The number of hydrazone groups is 1. The van der Waals surface area contributed by atoms with E-state index < -0.39 is 4.92 Å². The van der Waals surface area contributed by atoms with Gasteiger partial charge in [0.1, 0.15) is 0 Å². The van der Waals surface area contributed by atoms with E-state index in [0.717, 1.165) is 11.3 Å². The van der Waals surface area contributed by atoms with Gasteiger partial charge in [0.15, 0.2) is 0 Å². The maximum Gasteiger partial charge on any atom is 0.271 e. The zero-order chi connectivity index (χ0) is 20.6. The Morgan fingerprint density at radius 3 is 2.28 bits per heavy atom. The van der Waals surface area contributed by atoms with Crippen LogP contribution >= 0.6 is 11.6 Å². The highest BCUT2D eigenvalue weighted by molar-refractivity contribution is 6.30. The molecule has 2 N–H and O–H groups in total. The summed E-state index contributed by atoms with van der Waals surface area (Å²) in [6.07, 6.45) is 1.42. The second kappa shape index (κ2) is 9.48. The van der Waals surface area contributed by atoms with Gasteiger partial charge in [-0.3, -0.25) is 14.9 Å². The van der Waals surface area contributed by atoms with Crippen LogP contribution in [0.4, 0.5) is 11.4 Å². The number of anilines is 1. The van der Waals surface area contributed by atoms with E-state index in [1.165, 1.54) is 18.3 Å². The predicted molar refractivity (Wildman–Crippen MR) is 113 cm³/mol. The summed E-state index contributed by atoms with van der Waals surface area (Å²) in [5.74, 6) is -0.354. The lowest BCUT2D eigenvalue weighted by molar-refractivity contribution is -0.384. The van der Waals surface area contributed by atoms with Crippen LogP contribution in [0.5, 0.6) is 0 Å². The minimum absolute atomic E-state index is 0.00375. The monoisotopic (exact) mass is 408 g/mol. The number of rotatable bonds is 7. The van der Waals surface area contributed by atoms with E-state index in [-0.39, 0.29) is 11.6 Å². The highest BCUT2D eigenvalue weighted by atomic mass is 35.5. The van der Waals surface area contributed by atoms with Crippen LogP contribution in [0, 0.1) is 10.1 Å². The first-order valence-corrected chi connectivity index (χ1v) is 9.05. The standard InChI is InChI=1S/C21H17ClN4O3/c22-18-7-1-15(2-8-18)13-23-19-9-5-17(6-10-19)21(27)25-24-14-16-3-11-20(12-4-16)26(28)29/h1-12,14,23H,13H2,(H,25,27)/b24-14-. The number of carbonyl (C=O) groups is 1. The minimum atomic E-state index is -0.476. The summed E-state index contributed by atoms with van der Waals surface area (Å²) in [4.78, 5) is 22.3. The van der Waals surface area contributed by atoms with Crippen molar-refractivity contribution in [2.75, 3.05) is 5.32 Å². The number of carbonyl (C=O) groups excluding carboxylic acids is 1. The van der Waals surface area contributed by atoms with E-state index in [2.05, 4.69) is 15.8 Å². The molecule has 0 radical (unpaired) electrons. The summed E-state index contributed by atoms with van der Waals surface area (Å²) in [7, 11) is 0. The SMILES string of the molecule is O=C(N/N=C\c1ccc([N+](=O)[O-])cc1)c1ccc(NCc2ccc(Cl)cc2)cc1. The fourth-order valence-electron chi connectivity index (χ4n) is 2.46. The van der Waals surface area contributed by atoms with Crippen LogP contribution in [0.1, 0.15) is 21.5 Å². The number of halogens is 1. The molecule has 0 unspecified atom stereocenters. The highest BCUT2D eigenvalue weighted by Gasteiger charge is 2.05. The lowest BCUT2D eigenvalue weighted by Gasteiger charge is -2.07. The molecule has 0 aliphatic carbocycles. The Labute approximate surface area is 172 Å². The molecule has 0 aromatic heterocycles. The van der Waals surface area contributed by atoms with Crippen molar-refractivity contribution in [2.45, 2.75) is 6.54 Å². The Hall–Kier alpha value is -3.71. The Kier molecular flexibility index (Phi) is 6.55. The van der Waals surface area contributed by atoms with E-state index in [1.54, 1.807) is 24.3 Å². The average molecular weight is 409 g/mol. The van der Waals surface area contributed by atoms with Gasteiger partial charge in [-0.2, -0.15) is 5.10 Å². The normalized spacial score (nSPS) is 10.7. The lowest BCUT2D eigenvalue weighted by atomic mass is 10.2. The predicted octanol–water partition coefficient (Wildman–Crippen LogP) is 4.62. The Bertz CT molecular complexity index is 1020. The molecule has 3 aromatic carbocycles. The molecule has 0 spiro atoms. The summed E-state index contributed by atoms with van der Waals surface area (Å²) in [5, 5.41) is 18.5. The second-order valence-electron chi connectivity index (χ2n) is 6.11. The number of nitro groups is 1. The highest BCUT2D eigenvalue weighted by Crippen LogP contribution is 2.14. The second-order valence-corrected chi connectivity index (χ2v) is 6.54. The van der Waals surface area contributed by atoms with Crippen molar-refractivity contribution >= 4 is 35.1 Å². The Balaban J connectivity index is 1.51. The number of nitrogens with zero attached hydrogens (tertiary/aromatic N) is 2. The first-order valence-electron chi connectivity index (χ1n) is 8.67. The van der Waals surface area contributed by atoms with Gasteiger partial charge in [0.2, 0.25) is 0 Å². The summed E-state index contributed by atoms with van der Waals surface area (Å²) in [6, 6.07) is 20.4. The summed E-state index contributed by atoms with van der Waals surface area (Å²) in [5.41, 5.74) is 5.50. The third kappa shape index (κ3) is 5.88. The summed E-state index contributed by atoms with van der Waals surface area (Å²) >= 11 is 5.87. The van der Waals surface area contributed by atoms with Crippen molar-refractivity contribution in [1.29, 1.82) is 0 Å². The number of non-ortho nitro benzene ring substituents is 1. The molecule has 3 aromatic rings. The zero-order valence-corrected chi connectivity index (χ0v) is 16.0. The number of hydrogen-bond acceptors (Lipinski definition) is 5. The van der Waals surface area contributed by atoms with Gasteiger partial charge in [0.25, 0.3) is 11.6 Å². The third-order valence-corrected chi connectivity index (χ3v) is 4.29. The molecule has 0 bridgehead atoms. The van der Waals surface area contributed by atoms with Crippen molar-refractivity contribution in [3.8, 4) is 0 Å². The van der Waals surface area contributed by atoms with E-state index in [0.29, 0.717) is 22.7 Å². The van der Waals surface area contributed by atoms with E-state index in [9.17, 15) is 14.9 Å². The number of benzene rings is 3. The van der Waals surface area contributed by atoms with Crippen LogP contribution in [-0.2, 0) is 6.54 Å².